The second kappa shape index (κ2) is 3.87. The monoisotopic (exact) mass is 233 g/mol. The van der Waals surface area contributed by atoms with Crippen molar-refractivity contribution in [3.63, 3.8) is 0 Å². The number of ether oxygens (including phenoxy) is 1. The average molecular weight is 233 g/mol. The highest BCUT2D eigenvalue weighted by molar-refractivity contribution is 6.12. The molecule has 1 saturated heterocycles. The Hall–Kier alpha value is -1.84. The Kier molecular flexibility index (Phi) is 2.65. The highest BCUT2D eigenvalue weighted by Gasteiger charge is 2.51. The summed E-state index contributed by atoms with van der Waals surface area (Å²) < 4.78 is 5.15. The molecule has 4 heteroatoms. The van der Waals surface area contributed by atoms with Gasteiger partial charge in [0.25, 0.3) is 5.91 Å². The summed E-state index contributed by atoms with van der Waals surface area (Å²) in [6.07, 6.45) is 6.79. The number of ketones is 1. The predicted molar refractivity (Wildman–Crippen MR) is 63.1 cm³/mol. The number of carbonyl (C=O) groups excluding carboxylic acids is 2. The van der Waals surface area contributed by atoms with Crippen molar-refractivity contribution in [2.24, 2.45) is 5.41 Å². The number of likely N-dealkylation sites (tertiary alicyclic amines) is 1. The van der Waals surface area contributed by atoms with Gasteiger partial charge >= 0.3 is 0 Å². The van der Waals surface area contributed by atoms with Gasteiger partial charge in [-0.2, -0.15) is 0 Å². The van der Waals surface area contributed by atoms with E-state index in [1.54, 1.807) is 37.1 Å². The molecule has 0 aromatic rings. The quantitative estimate of drug-likeness (QED) is 0.502. The fourth-order valence-electron chi connectivity index (χ4n) is 2.40. The third-order valence-electron chi connectivity index (χ3n) is 3.33. The summed E-state index contributed by atoms with van der Waals surface area (Å²) in [6.45, 7) is 2.09. The van der Waals surface area contributed by atoms with Crippen LogP contribution in [0.15, 0.2) is 35.6 Å². The van der Waals surface area contributed by atoms with Gasteiger partial charge in [0.1, 0.15) is 11.2 Å². The normalized spacial score (nSPS) is 30.4. The molecule has 1 atom stereocenters. The van der Waals surface area contributed by atoms with Crippen LogP contribution < -0.4 is 0 Å². The fraction of sp³-hybridized carbons (Fsp3) is 0.385. The van der Waals surface area contributed by atoms with Crippen molar-refractivity contribution in [1.29, 1.82) is 0 Å². The number of carbonyl (C=O) groups is 2. The molecule has 2 rings (SSSR count). The first-order valence-electron chi connectivity index (χ1n) is 5.44. The molecule has 1 unspecified atom stereocenters. The first-order valence-corrected chi connectivity index (χ1v) is 5.44. The minimum Gasteiger partial charge on any atom is -0.501 e. The van der Waals surface area contributed by atoms with Crippen LogP contribution in [-0.4, -0.2) is 37.3 Å². The molecular formula is C13H15NO3. The molecule has 1 amide bonds. The van der Waals surface area contributed by atoms with Crippen molar-refractivity contribution in [2.75, 3.05) is 20.7 Å². The summed E-state index contributed by atoms with van der Waals surface area (Å²) in [5, 5.41) is 0. The van der Waals surface area contributed by atoms with Gasteiger partial charge in [-0.1, -0.05) is 18.2 Å². The Morgan fingerprint density at radius 3 is 2.71 bits per heavy atom. The van der Waals surface area contributed by atoms with E-state index >= 15 is 0 Å². The van der Waals surface area contributed by atoms with Crippen molar-refractivity contribution in [1.82, 2.24) is 4.90 Å². The van der Waals surface area contributed by atoms with Crippen LogP contribution >= 0.6 is 0 Å². The van der Waals surface area contributed by atoms with Gasteiger partial charge in [-0.05, 0) is 13.0 Å². The molecule has 0 radical (unpaired) electrons. The van der Waals surface area contributed by atoms with Crippen LogP contribution in [0.2, 0.25) is 0 Å². The summed E-state index contributed by atoms with van der Waals surface area (Å²) in [6, 6.07) is 0. The molecule has 0 bridgehead atoms. The number of amides is 1. The van der Waals surface area contributed by atoms with Crippen molar-refractivity contribution in [3.05, 3.63) is 35.6 Å². The van der Waals surface area contributed by atoms with E-state index in [-0.39, 0.29) is 11.7 Å². The molecule has 0 aromatic heterocycles. The van der Waals surface area contributed by atoms with Crippen LogP contribution in [0.1, 0.15) is 6.92 Å². The molecule has 1 heterocycles. The molecule has 1 fully saturated rings. The molecule has 2 aliphatic rings. The van der Waals surface area contributed by atoms with Gasteiger partial charge < -0.3 is 9.64 Å². The Balaban J connectivity index is 2.61. The molecule has 0 saturated carbocycles. The SMILES string of the molecule is CO/C(C)=C1/C(=O)N(C)CC12C=CC=CC2=O. The number of nitrogens with zero attached hydrogens (tertiary/aromatic N) is 1. The standard InChI is InChI=1S/C13H15NO3/c1-9(17-3)11-12(16)14(2)8-13(11)7-5-4-6-10(13)15/h4-7H,8H2,1-3H3/b11-9-. The van der Waals surface area contributed by atoms with Crippen LogP contribution in [0.4, 0.5) is 0 Å². The second-order valence-corrected chi connectivity index (χ2v) is 4.35. The van der Waals surface area contributed by atoms with E-state index in [4.69, 9.17) is 4.74 Å². The number of likely N-dealkylation sites (N-methyl/N-ethyl adjacent to an activating group) is 1. The van der Waals surface area contributed by atoms with E-state index in [9.17, 15) is 9.59 Å². The molecule has 17 heavy (non-hydrogen) atoms. The molecular weight excluding hydrogens is 218 g/mol. The van der Waals surface area contributed by atoms with Gasteiger partial charge in [-0.3, -0.25) is 9.59 Å². The van der Waals surface area contributed by atoms with E-state index in [1.807, 2.05) is 0 Å². The van der Waals surface area contributed by atoms with Gasteiger partial charge in [0.05, 0.1) is 12.7 Å². The molecule has 1 aliphatic carbocycles. The summed E-state index contributed by atoms with van der Waals surface area (Å²) in [7, 11) is 3.20. The number of methoxy groups -OCH3 is 1. The van der Waals surface area contributed by atoms with Gasteiger partial charge in [0.2, 0.25) is 0 Å². The zero-order valence-electron chi connectivity index (χ0n) is 10.2. The van der Waals surface area contributed by atoms with Gasteiger partial charge in [-0.15, -0.1) is 0 Å². The minimum atomic E-state index is -0.860. The van der Waals surface area contributed by atoms with E-state index in [0.29, 0.717) is 17.9 Å². The van der Waals surface area contributed by atoms with E-state index < -0.39 is 5.41 Å². The minimum absolute atomic E-state index is 0.0656. The van der Waals surface area contributed by atoms with Crippen molar-refractivity contribution in [3.8, 4) is 0 Å². The molecule has 0 aromatic carbocycles. The van der Waals surface area contributed by atoms with Crippen LogP contribution in [-0.2, 0) is 14.3 Å². The Morgan fingerprint density at radius 2 is 2.12 bits per heavy atom. The highest BCUT2D eigenvalue weighted by atomic mass is 16.5. The van der Waals surface area contributed by atoms with E-state index in [1.165, 1.54) is 13.2 Å². The first kappa shape index (κ1) is 11.6. The lowest BCUT2D eigenvalue weighted by Gasteiger charge is -2.25. The van der Waals surface area contributed by atoms with Crippen LogP contribution in [0, 0.1) is 5.41 Å². The summed E-state index contributed by atoms with van der Waals surface area (Å²) in [5.41, 5.74) is -0.408. The summed E-state index contributed by atoms with van der Waals surface area (Å²) >= 11 is 0. The van der Waals surface area contributed by atoms with E-state index in [2.05, 4.69) is 0 Å². The summed E-state index contributed by atoms with van der Waals surface area (Å²) in [5.74, 6) is 0.300. The number of allylic oxidation sites excluding steroid dienone is 4. The maximum absolute atomic E-state index is 12.1. The van der Waals surface area contributed by atoms with Crippen LogP contribution in [0.3, 0.4) is 0 Å². The van der Waals surface area contributed by atoms with Crippen molar-refractivity contribution in [2.45, 2.75) is 6.92 Å². The molecule has 0 N–H and O–H groups in total. The summed E-state index contributed by atoms with van der Waals surface area (Å²) in [4.78, 5) is 25.8. The average Bonchev–Trinajstić information content (AvgIpc) is 2.56. The third kappa shape index (κ3) is 1.52. The Morgan fingerprint density at radius 1 is 1.41 bits per heavy atom. The Labute approximate surface area is 100 Å². The molecule has 1 aliphatic heterocycles. The largest absolute Gasteiger partial charge is 0.501 e. The molecule has 1 spiro atoms. The second-order valence-electron chi connectivity index (χ2n) is 4.35. The Bertz CT molecular complexity index is 471. The van der Waals surface area contributed by atoms with E-state index in [0.717, 1.165) is 0 Å². The lowest BCUT2D eigenvalue weighted by Crippen LogP contribution is -2.33. The third-order valence-corrected chi connectivity index (χ3v) is 3.33. The fourth-order valence-corrected chi connectivity index (χ4v) is 2.40. The highest BCUT2D eigenvalue weighted by Crippen LogP contribution is 2.41. The van der Waals surface area contributed by atoms with Gasteiger partial charge in [-0.25, -0.2) is 0 Å². The zero-order chi connectivity index (χ0) is 12.6. The van der Waals surface area contributed by atoms with Crippen LogP contribution in [0.25, 0.3) is 0 Å². The lowest BCUT2D eigenvalue weighted by molar-refractivity contribution is -0.124. The van der Waals surface area contributed by atoms with Crippen molar-refractivity contribution < 1.29 is 14.3 Å². The van der Waals surface area contributed by atoms with Gasteiger partial charge in [0, 0.05) is 13.6 Å². The predicted octanol–water partition coefficient (Wildman–Crippen LogP) is 1.06. The topological polar surface area (TPSA) is 46.6 Å². The zero-order valence-corrected chi connectivity index (χ0v) is 10.2. The lowest BCUT2D eigenvalue weighted by atomic mass is 9.75. The molecule has 4 nitrogen and oxygen atoms in total. The number of rotatable bonds is 1. The van der Waals surface area contributed by atoms with Crippen LogP contribution in [0.5, 0.6) is 0 Å². The first-order chi connectivity index (χ1) is 8.03. The smallest absolute Gasteiger partial charge is 0.254 e. The maximum atomic E-state index is 12.1. The number of hydrogen-bond acceptors (Lipinski definition) is 3. The number of hydrogen-bond donors (Lipinski definition) is 0. The molecule has 90 valence electrons. The maximum Gasteiger partial charge on any atom is 0.254 e. The van der Waals surface area contributed by atoms with Crippen molar-refractivity contribution >= 4 is 11.7 Å². The van der Waals surface area contributed by atoms with Gasteiger partial charge in [0.15, 0.2) is 5.78 Å².